The highest BCUT2D eigenvalue weighted by molar-refractivity contribution is 6.42. The van der Waals surface area contributed by atoms with Gasteiger partial charge in [-0.15, -0.1) is 0 Å². The quantitative estimate of drug-likeness (QED) is 0.856. The maximum absolute atomic E-state index is 12.2. The summed E-state index contributed by atoms with van der Waals surface area (Å²) in [5.74, 6) is 0.235. The Hall–Kier alpha value is -0.570. The smallest absolute Gasteiger partial charge is 0.152 e. The van der Waals surface area contributed by atoms with Crippen molar-refractivity contribution in [2.24, 2.45) is 5.92 Å². The number of carbonyl (C=O) groups is 1. The Balaban J connectivity index is 2.87. The molecule has 106 valence electrons. The molecule has 1 N–H and O–H groups in total. The third-order valence-electron chi connectivity index (χ3n) is 2.87. The van der Waals surface area contributed by atoms with E-state index >= 15 is 0 Å². The van der Waals surface area contributed by atoms with E-state index < -0.39 is 0 Å². The lowest BCUT2D eigenvalue weighted by molar-refractivity contribution is -0.124. The lowest BCUT2D eigenvalue weighted by Crippen LogP contribution is -2.44. The van der Waals surface area contributed by atoms with Gasteiger partial charge < -0.3 is 5.32 Å². The number of hydrogen-bond acceptors (Lipinski definition) is 2. The lowest BCUT2D eigenvalue weighted by Gasteiger charge is -2.22. The first-order valence-corrected chi connectivity index (χ1v) is 7.30. The summed E-state index contributed by atoms with van der Waals surface area (Å²) >= 11 is 11.9. The average Bonchev–Trinajstić information content (AvgIpc) is 2.31. The first-order chi connectivity index (χ1) is 8.81. The van der Waals surface area contributed by atoms with Gasteiger partial charge in [0.05, 0.1) is 16.1 Å². The largest absolute Gasteiger partial charge is 0.305 e. The Labute approximate surface area is 125 Å². The summed E-state index contributed by atoms with van der Waals surface area (Å²) in [6.45, 7) is 7.92. The molecule has 4 heteroatoms. The number of Topliss-reactive ketones (excluding diaryl/α,β-unsaturated/α-hetero) is 1. The molecule has 0 bridgehead atoms. The standard InChI is InChI=1S/C15H21Cl2NO/c1-9(2)15(19)14(18-10(3)4)8-11-5-6-12(16)13(17)7-11/h5-7,9-10,14,18H,8H2,1-4H3/t14-/m0/s1. The second kappa shape index (κ2) is 7.28. The van der Waals surface area contributed by atoms with E-state index in [0.717, 1.165) is 5.56 Å². The predicted molar refractivity (Wildman–Crippen MR) is 82.1 cm³/mol. The summed E-state index contributed by atoms with van der Waals surface area (Å²) in [6, 6.07) is 5.59. The molecular formula is C15H21Cl2NO. The monoisotopic (exact) mass is 301 g/mol. The first kappa shape index (κ1) is 16.5. The molecular weight excluding hydrogens is 281 g/mol. The zero-order valence-corrected chi connectivity index (χ0v) is 13.3. The molecule has 0 spiro atoms. The molecule has 0 aliphatic carbocycles. The summed E-state index contributed by atoms with van der Waals surface area (Å²) in [5, 5.41) is 4.38. The average molecular weight is 302 g/mol. The third kappa shape index (κ3) is 5.13. The highest BCUT2D eigenvalue weighted by atomic mass is 35.5. The summed E-state index contributed by atoms with van der Waals surface area (Å²) in [6.07, 6.45) is 0.631. The number of halogens is 2. The van der Waals surface area contributed by atoms with Gasteiger partial charge in [-0.1, -0.05) is 57.0 Å². The summed E-state index contributed by atoms with van der Waals surface area (Å²) in [4.78, 5) is 12.2. The zero-order chi connectivity index (χ0) is 14.6. The van der Waals surface area contributed by atoms with E-state index in [4.69, 9.17) is 23.2 Å². The number of ketones is 1. The van der Waals surface area contributed by atoms with Crippen LogP contribution in [-0.4, -0.2) is 17.9 Å². The lowest BCUT2D eigenvalue weighted by atomic mass is 9.95. The molecule has 0 fully saturated rings. The van der Waals surface area contributed by atoms with Crippen LogP contribution in [0.5, 0.6) is 0 Å². The van der Waals surface area contributed by atoms with E-state index in [9.17, 15) is 4.79 Å². The second-order valence-electron chi connectivity index (χ2n) is 5.38. The molecule has 0 radical (unpaired) electrons. The van der Waals surface area contributed by atoms with Gasteiger partial charge in [-0.25, -0.2) is 0 Å². The van der Waals surface area contributed by atoms with Crippen LogP contribution >= 0.6 is 23.2 Å². The maximum Gasteiger partial charge on any atom is 0.152 e. The van der Waals surface area contributed by atoms with Crippen LogP contribution in [0.25, 0.3) is 0 Å². The van der Waals surface area contributed by atoms with Gasteiger partial charge in [-0.2, -0.15) is 0 Å². The molecule has 1 aromatic carbocycles. The fourth-order valence-corrected chi connectivity index (χ4v) is 2.27. The van der Waals surface area contributed by atoms with E-state index in [1.807, 2.05) is 39.8 Å². The number of rotatable bonds is 6. The topological polar surface area (TPSA) is 29.1 Å². The minimum atomic E-state index is -0.183. The van der Waals surface area contributed by atoms with Crippen molar-refractivity contribution in [1.29, 1.82) is 0 Å². The minimum absolute atomic E-state index is 0.0130. The fourth-order valence-electron chi connectivity index (χ4n) is 1.95. The minimum Gasteiger partial charge on any atom is -0.305 e. The van der Waals surface area contributed by atoms with Crippen molar-refractivity contribution >= 4 is 29.0 Å². The highest BCUT2D eigenvalue weighted by Gasteiger charge is 2.22. The fraction of sp³-hybridized carbons (Fsp3) is 0.533. The third-order valence-corrected chi connectivity index (χ3v) is 3.61. The summed E-state index contributed by atoms with van der Waals surface area (Å²) in [5.41, 5.74) is 1.02. The van der Waals surface area contributed by atoms with Gasteiger partial charge in [0.2, 0.25) is 0 Å². The van der Waals surface area contributed by atoms with Crippen molar-refractivity contribution in [2.45, 2.75) is 46.2 Å². The zero-order valence-electron chi connectivity index (χ0n) is 11.8. The summed E-state index contributed by atoms with van der Waals surface area (Å²) < 4.78 is 0. The van der Waals surface area contributed by atoms with E-state index in [1.165, 1.54) is 0 Å². The number of hydrogen-bond donors (Lipinski definition) is 1. The predicted octanol–water partition coefficient (Wildman–Crippen LogP) is 4.13. The Morgan fingerprint density at radius 2 is 1.79 bits per heavy atom. The highest BCUT2D eigenvalue weighted by Crippen LogP contribution is 2.23. The van der Waals surface area contributed by atoms with Crippen LogP contribution in [0.3, 0.4) is 0 Å². The molecule has 0 heterocycles. The van der Waals surface area contributed by atoms with Crippen molar-refractivity contribution in [3.05, 3.63) is 33.8 Å². The van der Waals surface area contributed by atoms with Gasteiger partial charge in [0, 0.05) is 12.0 Å². The van der Waals surface area contributed by atoms with E-state index in [2.05, 4.69) is 5.32 Å². The van der Waals surface area contributed by atoms with E-state index in [0.29, 0.717) is 16.5 Å². The molecule has 0 unspecified atom stereocenters. The molecule has 1 rings (SSSR count). The Morgan fingerprint density at radius 3 is 2.26 bits per heavy atom. The molecule has 1 atom stereocenters. The molecule has 0 aliphatic heterocycles. The van der Waals surface area contributed by atoms with Gasteiger partial charge in [0.25, 0.3) is 0 Å². The number of carbonyl (C=O) groups excluding carboxylic acids is 1. The van der Waals surface area contributed by atoms with Crippen LogP contribution in [0.2, 0.25) is 10.0 Å². The Bertz CT molecular complexity index is 444. The van der Waals surface area contributed by atoms with Crippen LogP contribution in [-0.2, 0) is 11.2 Å². The van der Waals surface area contributed by atoms with Crippen LogP contribution in [0.15, 0.2) is 18.2 Å². The molecule has 0 saturated carbocycles. The van der Waals surface area contributed by atoms with Gasteiger partial charge in [-0.3, -0.25) is 4.79 Å². The van der Waals surface area contributed by atoms with Gasteiger partial charge in [0.15, 0.2) is 5.78 Å². The van der Waals surface area contributed by atoms with Crippen LogP contribution in [0.4, 0.5) is 0 Å². The normalized spacial score (nSPS) is 13.1. The van der Waals surface area contributed by atoms with Crippen LogP contribution < -0.4 is 5.32 Å². The van der Waals surface area contributed by atoms with Crippen molar-refractivity contribution in [1.82, 2.24) is 5.32 Å². The molecule has 0 saturated heterocycles. The molecule has 0 amide bonds. The second-order valence-corrected chi connectivity index (χ2v) is 6.20. The van der Waals surface area contributed by atoms with Crippen LogP contribution in [0, 0.1) is 5.92 Å². The first-order valence-electron chi connectivity index (χ1n) is 6.55. The SMILES string of the molecule is CC(C)N[C@@H](Cc1ccc(Cl)c(Cl)c1)C(=O)C(C)C. The Kier molecular flexibility index (Phi) is 6.31. The van der Waals surface area contributed by atoms with Crippen molar-refractivity contribution in [3.63, 3.8) is 0 Å². The number of nitrogens with one attached hydrogen (secondary N) is 1. The molecule has 0 aliphatic rings. The number of benzene rings is 1. The maximum atomic E-state index is 12.2. The molecule has 19 heavy (non-hydrogen) atoms. The van der Waals surface area contributed by atoms with Gasteiger partial charge >= 0.3 is 0 Å². The molecule has 1 aromatic rings. The van der Waals surface area contributed by atoms with Gasteiger partial charge in [-0.05, 0) is 24.1 Å². The van der Waals surface area contributed by atoms with Crippen LogP contribution in [0.1, 0.15) is 33.3 Å². The summed E-state index contributed by atoms with van der Waals surface area (Å²) in [7, 11) is 0. The van der Waals surface area contributed by atoms with E-state index in [-0.39, 0.29) is 23.8 Å². The van der Waals surface area contributed by atoms with Gasteiger partial charge in [0.1, 0.15) is 0 Å². The van der Waals surface area contributed by atoms with Crippen molar-refractivity contribution in [2.75, 3.05) is 0 Å². The van der Waals surface area contributed by atoms with Crippen molar-refractivity contribution < 1.29 is 4.79 Å². The Morgan fingerprint density at radius 1 is 1.16 bits per heavy atom. The molecule has 2 nitrogen and oxygen atoms in total. The van der Waals surface area contributed by atoms with E-state index in [1.54, 1.807) is 6.07 Å². The molecule has 0 aromatic heterocycles. The van der Waals surface area contributed by atoms with Crippen molar-refractivity contribution in [3.8, 4) is 0 Å².